The molecule has 0 aliphatic heterocycles. The molecular formula is C10H17NO2. The number of hydrogen-bond donors (Lipinski definition) is 1. The molecule has 0 radical (unpaired) electrons. The van der Waals surface area contributed by atoms with Crippen LogP contribution in [0, 0.1) is 0 Å². The van der Waals surface area contributed by atoms with Gasteiger partial charge in [-0.1, -0.05) is 6.58 Å². The van der Waals surface area contributed by atoms with Gasteiger partial charge in [-0.3, -0.25) is 0 Å². The van der Waals surface area contributed by atoms with Crippen molar-refractivity contribution in [1.29, 1.82) is 0 Å². The van der Waals surface area contributed by atoms with Crippen LogP contribution in [0.2, 0.25) is 0 Å². The quantitative estimate of drug-likeness (QED) is 0.667. The van der Waals surface area contributed by atoms with Crippen molar-refractivity contribution in [3.8, 4) is 0 Å². The van der Waals surface area contributed by atoms with Crippen LogP contribution < -0.4 is 5.32 Å². The number of carbonyl (C=O) groups is 1. The summed E-state index contributed by atoms with van der Waals surface area (Å²) < 4.78 is 5.21. The summed E-state index contributed by atoms with van der Waals surface area (Å²) in [6.45, 7) is 9.39. The Labute approximate surface area is 79.2 Å². The topological polar surface area (TPSA) is 38.3 Å². The molecule has 1 N–H and O–H groups in total. The van der Waals surface area contributed by atoms with Crippen molar-refractivity contribution in [2.75, 3.05) is 0 Å². The summed E-state index contributed by atoms with van der Waals surface area (Å²) in [7, 11) is 0. The summed E-state index contributed by atoms with van der Waals surface area (Å²) in [5.41, 5.74) is -0.607. The molecule has 0 saturated heterocycles. The highest BCUT2D eigenvalue weighted by Gasteiger charge is 2.44. The van der Waals surface area contributed by atoms with Crippen molar-refractivity contribution in [3.63, 3.8) is 0 Å². The van der Waals surface area contributed by atoms with Crippen molar-refractivity contribution < 1.29 is 9.53 Å². The van der Waals surface area contributed by atoms with Gasteiger partial charge in [0.1, 0.15) is 5.60 Å². The molecular weight excluding hydrogens is 166 g/mol. The summed E-state index contributed by atoms with van der Waals surface area (Å²) in [4.78, 5) is 11.3. The van der Waals surface area contributed by atoms with E-state index in [2.05, 4.69) is 11.9 Å². The summed E-state index contributed by atoms with van der Waals surface area (Å²) in [6.07, 6.45) is 3.14. The predicted octanol–water partition coefficient (Wildman–Crippen LogP) is 2.23. The Morgan fingerprint density at radius 1 is 1.54 bits per heavy atom. The van der Waals surface area contributed by atoms with E-state index in [4.69, 9.17) is 4.74 Å². The zero-order valence-corrected chi connectivity index (χ0v) is 8.52. The molecule has 1 rings (SSSR count). The molecule has 0 aromatic rings. The number of alkyl carbamates (subject to hydrolysis) is 1. The summed E-state index contributed by atoms with van der Waals surface area (Å²) >= 11 is 0. The molecule has 0 heterocycles. The van der Waals surface area contributed by atoms with Gasteiger partial charge < -0.3 is 10.1 Å². The van der Waals surface area contributed by atoms with Crippen LogP contribution in [0.1, 0.15) is 33.6 Å². The van der Waals surface area contributed by atoms with Gasteiger partial charge in [0, 0.05) is 5.54 Å². The van der Waals surface area contributed by atoms with E-state index < -0.39 is 0 Å². The number of rotatable bonds is 2. The number of amides is 1. The fraction of sp³-hybridized carbons (Fsp3) is 0.700. The third kappa shape index (κ3) is 3.09. The number of hydrogen-bond acceptors (Lipinski definition) is 2. The minimum absolute atomic E-state index is 0.242. The van der Waals surface area contributed by atoms with Crippen molar-refractivity contribution in [2.24, 2.45) is 0 Å². The smallest absolute Gasteiger partial charge is 0.408 e. The first-order valence-electron chi connectivity index (χ1n) is 4.52. The molecule has 0 aromatic carbocycles. The van der Waals surface area contributed by atoms with Gasteiger partial charge in [-0.25, -0.2) is 4.79 Å². The van der Waals surface area contributed by atoms with Gasteiger partial charge in [0.25, 0.3) is 0 Å². The first-order chi connectivity index (χ1) is 5.87. The molecule has 3 heteroatoms. The third-order valence-corrected chi connectivity index (χ3v) is 1.89. The Hall–Kier alpha value is -0.990. The molecule has 1 saturated carbocycles. The number of nitrogens with one attached hydrogen (secondary N) is 1. The molecule has 0 spiro atoms. The van der Waals surface area contributed by atoms with Crippen molar-refractivity contribution in [2.45, 2.75) is 44.8 Å². The van der Waals surface area contributed by atoms with Gasteiger partial charge in [0.15, 0.2) is 0 Å². The van der Waals surface area contributed by atoms with Crippen LogP contribution in [-0.2, 0) is 4.74 Å². The van der Waals surface area contributed by atoms with Crippen LogP contribution in [0.15, 0.2) is 12.7 Å². The Kier molecular flexibility index (Phi) is 2.37. The van der Waals surface area contributed by atoms with Gasteiger partial charge in [0.05, 0.1) is 0 Å². The van der Waals surface area contributed by atoms with E-state index in [1.165, 1.54) is 0 Å². The highest BCUT2D eigenvalue weighted by atomic mass is 16.6. The average Bonchev–Trinajstić information content (AvgIpc) is 2.65. The number of ether oxygens (including phenoxy) is 1. The third-order valence-electron chi connectivity index (χ3n) is 1.89. The minimum Gasteiger partial charge on any atom is -0.439 e. The van der Waals surface area contributed by atoms with Gasteiger partial charge >= 0.3 is 6.09 Å². The Morgan fingerprint density at radius 2 is 2.08 bits per heavy atom. The first kappa shape index (κ1) is 10.1. The van der Waals surface area contributed by atoms with E-state index in [1.54, 1.807) is 6.08 Å². The Balaban J connectivity index is 2.38. The lowest BCUT2D eigenvalue weighted by Crippen LogP contribution is -2.42. The normalized spacial score (nSPS) is 19.0. The lowest BCUT2D eigenvalue weighted by atomic mass is 10.1. The van der Waals surface area contributed by atoms with E-state index in [9.17, 15) is 4.79 Å². The molecule has 0 bridgehead atoms. The molecule has 1 aliphatic carbocycles. The maximum Gasteiger partial charge on any atom is 0.408 e. The molecule has 1 amide bonds. The molecule has 0 aromatic heterocycles. The van der Waals surface area contributed by atoms with Gasteiger partial charge in [-0.2, -0.15) is 0 Å². The molecule has 74 valence electrons. The lowest BCUT2D eigenvalue weighted by Gasteiger charge is -2.22. The van der Waals surface area contributed by atoms with Gasteiger partial charge in [-0.05, 0) is 39.7 Å². The molecule has 3 nitrogen and oxygen atoms in total. The fourth-order valence-electron chi connectivity index (χ4n) is 0.987. The van der Waals surface area contributed by atoms with Crippen molar-refractivity contribution in [1.82, 2.24) is 5.32 Å². The standard InChI is InChI=1S/C10H17NO2/c1-5-10(6-7-10)13-8(12)11-9(2,3)4/h5H,1,6-7H2,2-4H3,(H,11,12). The van der Waals surface area contributed by atoms with Gasteiger partial charge in [-0.15, -0.1) is 0 Å². The molecule has 13 heavy (non-hydrogen) atoms. The zero-order valence-electron chi connectivity index (χ0n) is 8.52. The van der Waals surface area contributed by atoms with E-state index in [0.29, 0.717) is 0 Å². The Bertz CT molecular complexity index is 224. The van der Waals surface area contributed by atoms with Crippen molar-refractivity contribution >= 4 is 6.09 Å². The second-order valence-electron chi connectivity index (χ2n) is 4.53. The SMILES string of the molecule is C=CC1(OC(=O)NC(C)(C)C)CC1. The molecule has 0 unspecified atom stereocenters. The average molecular weight is 183 g/mol. The maximum absolute atomic E-state index is 11.3. The lowest BCUT2D eigenvalue weighted by molar-refractivity contribution is 0.101. The largest absolute Gasteiger partial charge is 0.439 e. The molecule has 1 fully saturated rings. The Morgan fingerprint density at radius 3 is 2.38 bits per heavy atom. The predicted molar refractivity (Wildman–Crippen MR) is 51.5 cm³/mol. The van der Waals surface area contributed by atoms with Crippen LogP contribution >= 0.6 is 0 Å². The minimum atomic E-state index is -0.366. The monoisotopic (exact) mass is 183 g/mol. The first-order valence-corrected chi connectivity index (χ1v) is 4.52. The van der Waals surface area contributed by atoms with Crippen LogP contribution in [-0.4, -0.2) is 17.2 Å². The highest BCUT2D eigenvalue weighted by molar-refractivity contribution is 5.69. The molecule has 0 atom stereocenters. The van der Waals surface area contributed by atoms with Gasteiger partial charge in [0.2, 0.25) is 0 Å². The zero-order chi connectivity index (χ0) is 10.1. The highest BCUT2D eigenvalue weighted by Crippen LogP contribution is 2.40. The second kappa shape index (κ2) is 3.05. The summed E-state index contributed by atoms with van der Waals surface area (Å²) in [5.74, 6) is 0. The van der Waals surface area contributed by atoms with Crippen molar-refractivity contribution in [3.05, 3.63) is 12.7 Å². The summed E-state index contributed by atoms with van der Waals surface area (Å²) in [6, 6.07) is 0. The maximum atomic E-state index is 11.3. The van der Waals surface area contributed by atoms with E-state index in [0.717, 1.165) is 12.8 Å². The van der Waals surface area contributed by atoms with E-state index >= 15 is 0 Å². The van der Waals surface area contributed by atoms with E-state index in [-0.39, 0.29) is 17.2 Å². The van der Waals surface area contributed by atoms with Crippen LogP contribution in [0.25, 0.3) is 0 Å². The van der Waals surface area contributed by atoms with E-state index in [1.807, 2.05) is 20.8 Å². The van der Waals surface area contributed by atoms with Crippen LogP contribution in [0.3, 0.4) is 0 Å². The molecule has 1 aliphatic rings. The van der Waals surface area contributed by atoms with Crippen LogP contribution in [0.4, 0.5) is 4.79 Å². The second-order valence-corrected chi connectivity index (χ2v) is 4.53. The fourth-order valence-corrected chi connectivity index (χ4v) is 0.987. The summed E-state index contributed by atoms with van der Waals surface area (Å²) in [5, 5.41) is 2.74. The van der Waals surface area contributed by atoms with Crippen LogP contribution in [0.5, 0.6) is 0 Å². The number of carbonyl (C=O) groups excluding carboxylic acids is 1.